The molecule has 5 heteroatoms. The van der Waals surface area contributed by atoms with Crippen molar-refractivity contribution in [2.45, 2.75) is 53.7 Å². The van der Waals surface area contributed by atoms with Crippen LogP contribution in [0, 0.1) is 13.8 Å². The molecule has 0 bridgehead atoms. The molecular weight excluding hydrogens is 386 g/mol. The molecule has 0 amide bonds. The van der Waals surface area contributed by atoms with Crippen LogP contribution in [0.15, 0.2) is 36.4 Å². The second kappa shape index (κ2) is 9.56. The molecule has 0 unspecified atom stereocenters. The summed E-state index contributed by atoms with van der Waals surface area (Å²) >= 11 is 0. The van der Waals surface area contributed by atoms with Crippen molar-refractivity contribution in [3.63, 3.8) is 0 Å². The average molecular weight is 420 g/mol. The zero-order valence-corrected chi connectivity index (χ0v) is 19.1. The summed E-state index contributed by atoms with van der Waals surface area (Å²) in [6.45, 7) is 12.7. The summed E-state index contributed by atoms with van der Waals surface area (Å²) in [5.74, 6) is 1.53. The summed E-state index contributed by atoms with van der Waals surface area (Å²) in [6, 6.07) is 12.6. The summed E-state index contributed by atoms with van der Waals surface area (Å²) in [7, 11) is 0. The Bertz CT molecular complexity index is 1040. The molecule has 5 nitrogen and oxygen atoms in total. The van der Waals surface area contributed by atoms with Crippen molar-refractivity contribution in [3.05, 3.63) is 64.3 Å². The van der Waals surface area contributed by atoms with Gasteiger partial charge in [0.2, 0.25) is 0 Å². The van der Waals surface area contributed by atoms with E-state index in [9.17, 15) is 0 Å². The highest BCUT2D eigenvalue weighted by Crippen LogP contribution is 2.36. The number of benzene rings is 2. The van der Waals surface area contributed by atoms with Gasteiger partial charge in [0.1, 0.15) is 6.61 Å². The molecule has 0 fully saturated rings. The first-order valence-electron chi connectivity index (χ1n) is 11.3. The lowest BCUT2D eigenvalue weighted by Gasteiger charge is -2.26. The number of nitrogens with one attached hydrogen (secondary N) is 1. The number of nitrogens with zero attached hydrogens (tertiary/aromatic N) is 2. The first-order valence-corrected chi connectivity index (χ1v) is 11.3. The number of ether oxygens (including phenoxy) is 2. The predicted molar refractivity (Wildman–Crippen MR) is 125 cm³/mol. The Balaban J connectivity index is 1.58. The van der Waals surface area contributed by atoms with Gasteiger partial charge in [-0.25, -0.2) is 0 Å². The maximum Gasteiger partial charge on any atom is 0.161 e. The highest BCUT2D eigenvalue weighted by Gasteiger charge is 2.23. The third-order valence-corrected chi connectivity index (χ3v) is 5.96. The molecule has 0 saturated heterocycles. The lowest BCUT2D eigenvalue weighted by atomic mass is 10.0. The summed E-state index contributed by atoms with van der Waals surface area (Å²) < 4.78 is 12.1. The molecule has 0 aliphatic carbocycles. The zero-order valence-electron chi connectivity index (χ0n) is 19.1. The Labute approximate surface area is 185 Å². The molecule has 164 valence electrons. The molecule has 1 aliphatic rings. The van der Waals surface area contributed by atoms with Crippen LogP contribution < -0.4 is 9.47 Å². The maximum absolute atomic E-state index is 6.18. The van der Waals surface area contributed by atoms with Gasteiger partial charge in [0.15, 0.2) is 11.5 Å². The zero-order chi connectivity index (χ0) is 21.8. The first kappa shape index (κ1) is 21.4. The molecule has 1 aromatic heterocycles. The number of fused-ring (bicyclic) bond motifs is 1. The summed E-state index contributed by atoms with van der Waals surface area (Å²) in [5.41, 5.74) is 8.34. The third kappa shape index (κ3) is 4.77. The standard InChI is InChI=1S/C26H33N3O2/c1-5-12-29-13-11-23-22(16-29)26(28-27-23)20-9-10-24(25(15-20)30-6-2)31-17-21-14-18(3)7-8-19(21)4/h7-10,14-15H,5-6,11-13,16-17H2,1-4H3,(H,27,28). The van der Waals surface area contributed by atoms with E-state index < -0.39 is 0 Å². The van der Waals surface area contributed by atoms with Gasteiger partial charge < -0.3 is 9.47 Å². The van der Waals surface area contributed by atoms with Gasteiger partial charge in [-0.3, -0.25) is 10.00 Å². The average Bonchev–Trinajstić information content (AvgIpc) is 3.19. The number of hydrogen-bond acceptors (Lipinski definition) is 4. The number of rotatable bonds is 8. The van der Waals surface area contributed by atoms with Crippen LogP contribution in [0.5, 0.6) is 11.5 Å². The molecular formula is C26H33N3O2. The molecule has 2 heterocycles. The first-order chi connectivity index (χ1) is 15.1. The lowest BCUT2D eigenvalue weighted by Crippen LogP contribution is -2.31. The number of aromatic nitrogens is 2. The van der Waals surface area contributed by atoms with Crippen molar-refractivity contribution >= 4 is 0 Å². The fourth-order valence-electron chi connectivity index (χ4n) is 4.25. The Hall–Kier alpha value is -2.79. The van der Waals surface area contributed by atoms with E-state index in [1.807, 2.05) is 13.0 Å². The van der Waals surface area contributed by atoms with E-state index in [2.05, 4.69) is 66.2 Å². The van der Waals surface area contributed by atoms with Gasteiger partial charge in [0.05, 0.1) is 12.3 Å². The van der Waals surface area contributed by atoms with Gasteiger partial charge >= 0.3 is 0 Å². The Morgan fingerprint density at radius 1 is 1.03 bits per heavy atom. The van der Waals surface area contributed by atoms with Gasteiger partial charge in [-0.15, -0.1) is 0 Å². The van der Waals surface area contributed by atoms with Crippen LogP contribution >= 0.6 is 0 Å². The van der Waals surface area contributed by atoms with Crippen molar-refractivity contribution in [1.29, 1.82) is 0 Å². The minimum Gasteiger partial charge on any atom is -0.490 e. The Morgan fingerprint density at radius 3 is 2.71 bits per heavy atom. The van der Waals surface area contributed by atoms with Gasteiger partial charge in [0, 0.05) is 36.3 Å². The minimum absolute atomic E-state index is 0.525. The fourth-order valence-corrected chi connectivity index (χ4v) is 4.25. The molecule has 3 aromatic rings. The molecule has 1 N–H and O–H groups in total. The van der Waals surface area contributed by atoms with E-state index >= 15 is 0 Å². The largest absolute Gasteiger partial charge is 0.490 e. The van der Waals surface area contributed by atoms with Crippen molar-refractivity contribution in [2.75, 3.05) is 19.7 Å². The predicted octanol–water partition coefficient (Wildman–Crippen LogP) is 5.44. The second-order valence-corrected chi connectivity index (χ2v) is 8.37. The molecule has 2 aromatic carbocycles. The Kier molecular flexibility index (Phi) is 6.62. The molecule has 0 radical (unpaired) electrons. The topological polar surface area (TPSA) is 50.4 Å². The summed E-state index contributed by atoms with van der Waals surface area (Å²) in [4.78, 5) is 2.51. The van der Waals surface area contributed by atoms with Crippen molar-refractivity contribution in [1.82, 2.24) is 15.1 Å². The number of H-pyrrole nitrogens is 1. The van der Waals surface area contributed by atoms with E-state index in [1.54, 1.807) is 0 Å². The van der Waals surface area contributed by atoms with E-state index in [-0.39, 0.29) is 0 Å². The van der Waals surface area contributed by atoms with E-state index in [0.29, 0.717) is 13.2 Å². The highest BCUT2D eigenvalue weighted by molar-refractivity contribution is 5.68. The van der Waals surface area contributed by atoms with Gasteiger partial charge in [-0.05, 0) is 63.1 Å². The van der Waals surface area contributed by atoms with Crippen molar-refractivity contribution in [3.8, 4) is 22.8 Å². The van der Waals surface area contributed by atoms with Crippen molar-refractivity contribution < 1.29 is 9.47 Å². The highest BCUT2D eigenvalue weighted by atomic mass is 16.5. The number of aromatic amines is 1. The summed E-state index contributed by atoms with van der Waals surface area (Å²) in [5, 5.41) is 7.92. The van der Waals surface area contributed by atoms with Gasteiger partial charge in [-0.1, -0.05) is 30.7 Å². The maximum atomic E-state index is 6.18. The van der Waals surface area contributed by atoms with Gasteiger partial charge in [-0.2, -0.15) is 5.10 Å². The number of aryl methyl sites for hydroxylation is 2. The Morgan fingerprint density at radius 2 is 1.90 bits per heavy atom. The third-order valence-electron chi connectivity index (χ3n) is 5.96. The lowest BCUT2D eigenvalue weighted by molar-refractivity contribution is 0.254. The van der Waals surface area contributed by atoms with Crippen LogP contribution in [-0.2, 0) is 19.6 Å². The van der Waals surface area contributed by atoms with E-state index in [4.69, 9.17) is 9.47 Å². The quantitative estimate of drug-likeness (QED) is 0.528. The smallest absolute Gasteiger partial charge is 0.161 e. The van der Waals surface area contributed by atoms with E-state index in [0.717, 1.165) is 48.8 Å². The second-order valence-electron chi connectivity index (χ2n) is 8.37. The molecule has 31 heavy (non-hydrogen) atoms. The van der Waals surface area contributed by atoms with Crippen LogP contribution in [0.25, 0.3) is 11.3 Å². The fraction of sp³-hybridized carbons (Fsp3) is 0.423. The number of hydrogen-bond donors (Lipinski definition) is 1. The van der Waals surface area contributed by atoms with Crippen molar-refractivity contribution in [2.24, 2.45) is 0 Å². The van der Waals surface area contributed by atoms with Crippen LogP contribution in [0.3, 0.4) is 0 Å². The monoisotopic (exact) mass is 419 g/mol. The molecule has 0 atom stereocenters. The van der Waals surface area contributed by atoms with Gasteiger partial charge in [0.25, 0.3) is 0 Å². The van der Waals surface area contributed by atoms with Crippen LogP contribution in [0.2, 0.25) is 0 Å². The normalized spacial score (nSPS) is 13.8. The van der Waals surface area contributed by atoms with E-state index in [1.165, 1.54) is 34.4 Å². The molecule has 0 saturated carbocycles. The molecule has 1 aliphatic heterocycles. The summed E-state index contributed by atoms with van der Waals surface area (Å²) in [6.07, 6.45) is 2.20. The van der Waals surface area contributed by atoms with Crippen LogP contribution in [-0.4, -0.2) is 34.8 Å². The SMILES string of the molecule is CCCN1CCc2[nH]nc(-c3ccc(OCc4cc(C)ccc4C)c(OCC)c3)c2C1. The van der Waals surface area contributed by atoms with Crippen LogP contribution in [0.1, 0.15) is 48.2 Å². The van der Waals surface area contributed by atoms with Crippen LogP contribution in [0.4, 0.5) is 0 Å². The molecule has 0 spiro atoms. The molecule has 4 rings (SSSR count). The minimum atomic E-state index is 0.525.